The fourth-order valence-electron chi connectivity index (χ4n) is 2.16. The number of hydrogen-bond acceptors (Lipinski definition) is 5. The van der Waals surface area contributed by atoms with Crippen molar-refractivity contribution in [3.63, 3.8) is 0 Å². The predicted molar refractivity (Wildman–Crippen MR) is 93.2 cm³/mol. The van der Waals surface area contributed by atoms with E-state index in [9.17, 15) is 9.59 Å². The van der Waals surface area contributed by atoms with Gasteiger partial charge in [0.05, 0.1) is 18.0 Å². The highest BCUT2D eigenvalue weighted by Crippen LogP contribution is 2.25. The van der Waals surface area contributed by atoms with Gasteiger partial charge in [0.2, 0.25) is 0 Å². The van der Waals surface area contributed by atoms with Crippen LogP contribution in [0.1, 0.15) is 20.8 Å². The standard InChI is InChI=1S/C16H19ClN2O3S/c1-9(2)8-19-14(20)12-6-5-11(17)7-13(12)18-16(19)23-10(3)15(21)22-4/h5-7,9-10H,8H2,1-4H3. The van der Waals surface area contributed by atoms with Crippen molar-refractivity contribution in [3.05, 3.63) is 33.6 Å². The zero-order chi connectivity index (χ0) is 17.1. The first-order valence-corrected chi connectivity index (χ1v) is 8.53. The molecule has 0 spiro atoms. The fourth-order valence-corrected chi connectivity index (χ4v) is 3.27. The van der Waals surface area contributed by atoms with Gasteiger partial charge in [0, 0.05) is 11.6 Å². The second-order valence-corrected chi connectivity index (χ2v) is 7.39. The molecule has 1 unspecified atom stereocenters. The first-order valence-electron chi connectivity index (χ1n) is 7.28. The lowest BCUT2D eigenvalue weighted by Gasteiger charge is -2.16. The van der Waals surface area contributed by atoms with Crippen molar-refractivity contribution in [1.29, 1.82) is 0 Å². The van der Waals surface area contributed by atoms with Crippen molar-refractivity contribution in [2.45, 2.75) is 37.7 Å². The number of hydrogen-bond donors (Lipinski definition) is 0. The number of fused-ring (bicyclic) bond motifs is 1. The molecule has 124 valence electrons. The molecule has 7 heteroatoms. The Bertz CT molecular complexity index is 789. The molecule has 0 fully saturated rings. The summed E-state index contributed by atoms with van der Waals surface area (Å²) >= 11 is 7.21. The molecule has 1 atom stereocenters. The summed E-state index contributed by atoms with van der Waals surface area (Å²) in [7, 11) is 1.34. The number of aromatic nitrogens is 2. The molecule has 0 saturated heterocycles. The molecule has 0 N–H and O–H groups in total. The topological polar surface area (TPSA) is 61.2 Å². The van der Waals surface area contributed by atoms with Crippen molar-refractivity contribution in [1.82, 2.24) is 9.55 Å². The predicted octanol–water partition coefficient (Wildman–Crippen LogP) is 3.36. The molecule has 0 bridgehead atoms. The summed E-state index contributed by atoms with van der Waals surface area (Å²) in [5.74, 6) is -0.0847. The second kappa shape index (κ2) is 7.36. The molecule has 0 aliphatic heterocycles. The summed E-state index contributed by atoms with van der Waals surface area (Å²) in [6.07, 6.45) is 0. The third-order valence-corrected chi connectivity index (χ3v) is 4.55. The molecular weight excluding hydrogens is 336 g/mol. The Morgan fingerprint density at radius 1 is 1.39 bits per heavy atom. The average Bonchev–Trinajstić information content (AvgIpc) is 2.49. The molecule has 1 heterocycles. The smallest absolute Gasteiger partial charge is 0.318 e. The highest BCUT2D eigenvalue weighted by molar-refractivity contribution is 8.00. The average molecular weight is 355 g/mol. The van der Waals surface area contributed by atoms with Gasteiger partial charge in [-0.05, 0) is 31.0 Å². The van der Waals surface area contributed by atoms with Gasteiger partial charge in [0.15, 0.2) is 5.16 Å². The Labute approximate surface area is 144 Å². The molecule has 0 radical (unpaired) electrons. The molecule has 0 aliphatic carbocycles. The van der Waals surface area contributed by atoms with E-state index in [1.807, 2.05) is 13.8 Å². The highest BCUT2D eigenvalue weighted by atomic mass is 35.5. The number of esters is 1. The number of methoxy groups -OCH3 is 1. The Balaban J connectivity index is 2.59. The van der Waals surface area contributed by atoms with Crippen molar-refractivity contribution in [2.24, 2.45) is 5.92 Å². The van der Waals surface area contributed by atoms with Crippen LogP contribution in [0, 0.1) is 5.92 Å². The molecule has 0 aliphatic rings. The largest absolute Gasteiger partial charge is 0.468 e. The number of halogens is 1. The van der Waals surface area contributed by atoms with Crippen LogP contribution in [-0.4, -0.2) is 27.9 Å². The Morgan fingerprint density at radius 2 is 2.09 bits per heavy atom. The van der Waals surface area contributed by atoms with Crippen LogP contribution in [0.4, 0.5) is 0 Å². The molecule has 0 amide bonds. The van der Waals surface area contributed by atoms with Gasteiger partial charge in [0.25, 0.3) is 5.56 Å². The number of carbonyl (C=O) groups excluding carboxylic acids is 1. The highest BCUT2D eigenvalue weighted by Gasteiger charge is 2.20. The molecule has 1 aromatic carbocycles. The number of rotatable bonds is 5. The maximum atomic E-state index is 12.8. The van der Waals surface area contributed by atoms with Gasteiger partial charge in [-0.25, -0.2) is 4.98 Å². The fraction of sp³-hybridized carbons (Fsp3) is 0.438. The lowest BCUT2D eigenvalue weighted by atomic mass is 10.2. The van der Waals surface area contributed by atoms with Crippen LogP contribution in [0.3, 0.4) is 0 Å². The van der Waals surface area contributed by atoms with Crippen LogP contribution in [-0.2, 0) is 16.1 Å². The van der Waals surface area contributed by atoms with Crippen molar-refractivity contribution >= 4 is 40.2 Å². The monoisotopic (exact) mass is 354 g/mol. The minimum atomic E-state index is -0.457. The van der Waals surface area contributed by atoms with E-state index in [-0.39, 0.29) is 17.4 Å². The van der Waals surface area contributed by atoms with Gasteiger partial charge in [-0.15, -0.1) is 0 Å². The summed E-state index contributed by atoms with van der Waals surface area (Å²) < 4.78 is 6.36. The lowest BCUT2D eigenvalue weighted by Crippen LogP contribution is -2.27. The van der Waals surface area contributed by atoms with Gasteiger partial charge in [-0.3, -0.25) is 14.2 Å². The van der Waals surface area contributed by atoms with E-state index in [0.717, 1.165) is 0 Å². The molecular formula is C16H19ClN2O3S. The summed E-state index contributed by atoms with van der Waals surface area (Å²) in [5, 5.41) is 1.08. The SMILES string of the molecule is COC(=O)C(C)Sc1nc2cc(Cl)ccc2c(=O)n1CC(C)C. The zero-order valence-electron chi connectivity index (χ0n) is 13.5. The molecule has 5 nitrogen and oxygen atoms in total. The second-order valence-electron chi connectivity index (χ2n) is 5.65. The first-order chi connectivity index (χ1) is 10.8. The van der Waals surface area contributed by atoms with Crippen molar-refractivity contribution in [3.8, 4) is 0 Å². The van der Waals surface area contributed by atoms with E-state index < -0.39 is 5.25 Å². The van der Waals surface area contributed by atoms with Crippen LogP contribution in [0.25, 0.3) is 10.9 Å². The minimum Gasteiger partial charge on any atom is -0.468 e. The van der Waals surface area contributed by atoms with Crippen LogP contribution >= 0.6 is 23.4 Å². The summed E-state index contributed by atoms with van der Waals surface area (Å²) in [6, 6.07) is 5.02. The van der Waals surface area contributed by atoms with Crippen LogP contribution in [0.5, 0.6) is 0 Å². The summed E-state index contributed by atoms with van der Waals surface area (Å²) in [5.41, 5.74) is 0.405. The summed E-state index contributed by atoms with van der Waals surface area (Å²) in [6.45, 7) is 6.30. The summed E-state index contributed by atoms with van der Waals surface area (Å²) in [4.78, 5) is 29.0. The molecule has 2 aromatic rings. The molecule has 0 saturated carbocycles. The van der Waals surface area contributed by atoms with Gasteiger partial charge in [-0.1, -0.05) is 37.2 Å². The normalized spacial score (nSPS) is 12.6. The van der Waals surface area contributed by atoms with E-state index in [4.69, 9.17) is 16.3 Å². The number of carbonyl (C=O) groups is 1. The van der Waals surface area contributed by atoms with E-state index in [2.05, 4.69) is 4.98 Å². The van der Waals surface area contributed by atoms with E-state index in [1.54, 1.807) is 29.7 Å². The maximum Gasteiger partial charge on any atom is 0.318 e. The molecule has 2 rings (SSSR count). The van der Waals surface area contributed by atoms with Crippen LogP contribution in [0.2, 0.25) is 5.02 Å². The minimum absolute atomic E-state index is 0.125. The van der Waals surface area contributed by atoms with Gasteiger partial charge in [0.1, 0.15) is 5.25 Å². The van der Waals surface area contributed by atoms with Crippen molar-refractivity contribution in [2.75, 3.05) is 7.11 Å². The zero-order valence-corrected chi connectivity index (χ0v) is 15.1. The number of ether oxygens (including phenoxy) is 1. The van der Waals surface area contributed by atoms with Crippen LogP contribution in [0.15, 0.2) is 28.2 Å². The number of nitrogens with zero attached hydrogens (tertiary/aromatic N) is 2. The Hall–Kier alpha value is -1.53. The van der Waals surface area contributed by atoms with Gasteiger partial charge >= 0.3 is 5.97 Å². The quantitative estimate of drug-likeness (QED) is 0.468. The lowest BCUT2D eigenvalue weighted by molar-refractivity contribution is -0.139. The van der Waals surface area contributed by atoms with Crippen molar-refractivity contribution < 1.29 is 9.53 Å². The molecule has 23 heavy (non-hydrogen) atoms. The first kappa shape index (κ1) is 17.8. The van der Waals surface area contributed by atoms with E-state index in [0.29, 0.717) is 27.6 Å². The maximum absolute atomic E-state index is 12.8. The number of thioether (sulfide) groups is 1. The Morgan fingerprint density at radius 3 is 2.70 bits per heavy atom. The third kappa shape index (κ3) is 4.06. The molecule has 1 aromatic heterocycles. The third-order valence-electron chi connectivity index (χ3n) is 3.25. The Kier molecular flexibility index (Phi) is 5.70. The van der Waals surface area contributed by atoms with Crippen LogP contribution < -0.4 is 5.56 Å². The number of benzene rings is 1. The van der Waals surface area contributed by atoms with Gasteiger partial charge in [-0.2, -0.15) is 0 Å². The van der Waals surface area contributed by atoms with E-state index in [1.165, 1.54) is 18.9 Å². The van der Waals surface area contributed by atoms with E-state index >= 15 is 0 Å². The van der Waals surface area contributed by atoms with Gasteiger partial charge < -0.3 is 4.74 Å².